The first-order valence-corrected chi connectivity index (χ1v) is 11.7. The lowest BCUT2D eigenvalue weighted by Gasteiger charge is -2.55. The maximum Gasteiger partial charge on any atom is 0.179 e. The third-order valence-corrected chi connectivity index (χ3v) is 7.63. The fourth-order valence-electron chi connectivity index (χ4n) is 5.39. The highest BCUT2D eigenvalue weighted by atomic mass is 35.5. The molecule has 3 fully saturated rings. The molecule has 7 heteroatoms. The Bertz CT molecular complexity index is 1100. The van der Waals surface area contributed by atoms with E-state index in [1.54, 1.807) is 12.1 Å². The summed E-state index contributed by atoms with van der Waals surface area (Å²) < 4.78 is 15.3. The van der Waals surface area contributed by atoms with E-state index in [2.05, 4.69) is 36.7 Å². The minimum absolute atomic E-state index is 0.177. The number of hydrogen-bond donors (Lipinski definition) is 0. The van der Waals surface area contributed by atoms with Gasteiger partial charge < -0.3 is 4.90 Å². The molecule has 1 spiro atoms. The fraction of sp³-hybridized carbons (Fsp3) is 0.500. The van der Waals surface area contributed by atoms with Crippen LogP contribution in [0.4, 0.5) is 10.1 Å². The minimum atomic E-state index is -0.177. The number of rotatable bonds is 5. The van der Waals surface area contributed by atoms with Gasteiger partial charge in [-0.05, 0) is 74.0 Å². The second kappa shape index (κ2) is 7.45. The predicted octanol–water partition coefficient (Wildman–Crippen LogP) is 4.58. The van der Waals surface area contributed by atoms with Crippen LogP contribution in [0, 0.1) is 17.2 Å². The Morgan fingerprint density at radius 3 is 2.65 bits per heavy atom. The van der Waals surface area contributed by atoms with Gasteiger partial charge >= 0.3 is 0 Å². The molecule has 2 saturated heterocycles. The minimum Gasteiger partial charge on any atom is -0.370 e. The largest absolute Gasteiger partial charge is 0.370 e. The van der Waals surface area contributed by atoms with Crippen molar-refractivity contribution in [1.29, 1.82) is 0 Å². The van der Waals surface area contributed by atoms with Gasteiger partial charge in [0.2, 0.25) is 0 Å². The molecule has 4 heterocycles. The first-order chi connectivity index (χ1) is 15.1. The van der Waals surface area contributed by atoms with E-state index >= 15 is 0 Å². The van der Waals surface area contributed by atoms with Gasteiger partial charge in [-0.3, -0.25) is 9.30 Å². The number of likely N-dealkylation sites (tertiary alicyclic amines) is 1. The Hall–Kier alpha value is -2.18. The number of nitrogens with zero attached hydrogens (tertiary/aromatic N) is 5. The van der Waals surface area contributed by atoms with Crippen LogP contribution in [0.1, 0.15) is 37.1 Å². The zero-order chi connectivity index (χ0) is 21.0. The highest BCUT2D eigenvalue weighted by Crippen LogP contribution is 2.42. The van der Waals surface area contributed by atoms with Crippen LogP contribution >= 0.6 is 11.6 Å². The van der Waals surface area contributed by atoms with Crippen molar-refractivity contribution in [3.8, 4) is 0 Å². The lowest BCUT2D eigenvalue weighted by atomic mass is 9.73. The summed E-state index contributed by atoms with van der Waals surface area (Å²) in [5.74, 6) is 1.62. The summed E-state index contributed by atoms with van der Waals surface area (Å²) in [7, 11) is 0. The van der Waals surface area contributed by atoms with Crippen LogP contribution < -0.4 is 4.90 Å². The first-order valence-electron chi connectivity index (χ1n) is 11.3. The van der Waals surface area contributed by atoms with Gasteiger partial charge in [-0.1, -0.05) is 11.6 Å². The van der Waals surface area contributed by atoms with E-state index in [1.807, 2.05) is 12.1 Å². The molecule has 1 aromatic carbocycles. The molecule has 31 heavy (non-hydrogen) atoms. The van der Waals surface area contributed by atoms with E-state index < -0.39 is 0 Å². The zero-order valence-electron chi connectivity index (χ0n) is 17.6. The van der Waals surface area contributed by atoms with Crippen molar-refractivity contribution >= 4 is 22.9 Å². The summed E-state index contributed by atoms with van der Waals surface area (Å²) in [6.07, 6.45) is 8.14. The monoisotopic (exact) mass is 439 g/mol. The van der Waals surface area contributed by atoms with Crippen LogP contribution in [0.3, 0.4) is 0 Å². The summed E-state index contributed by atoms with van der Waals surface area (Å²) >= 11 is 6.77. The van der Waals surface area contributed by atoms with Crippen LogP contribution in [-0.4, -0.2) is 45.7 Å². The average molecular weight is 440 g/mol. The number of fused-ring (bicyclic) bond motifs is 1. The number of pyridine rings is 1. The van der Waals surface area contributed by atoms with Crippen molar-refractivity contribution in [2.24, 2.45) is 11.3 Å². The number of anilines is 1. The van der Waals surface area contributed by atoms with E-state index in [0.717, 1.165) is 72.8 Å². The van der Waals surface area contributed by atoms with Gasteiger partial charge in [0.1, 0.15) is 11.6 Å². The van der Waals surface area contributed by atoms with Crippen molar-refractivity contribution in [2.45, 2.75) is 38.6 Å². The molecule has 0 radical (unpaired) electrons. The molecule has 1 aliphatic carbocycles. The summed E-state index contributed by atoms with van der Waals surface area (Å²) in [4.78, 5) is 4.89. The molecular weight excluding hydrogens is 413 g/mol. The Kier molecular flexibility index (Phi) is 4.69. The molecule has 162 valence electrons. The van der Waals surface area contributed by atoms with Crippen LogP contribution in [0.25, 0.3) is 5.65 Å². The van der Waals surface area contributed by atoms with Crippen molar-refractivity contribution in [3.05, 3.63) is 58.8 Å². The van der Waals surface area contributed by atoms with Gasteiger partial charge in [-0.25, -0.2) is 4.39 Å². The molecule has 5 nitrogen and oxygen atoms in total. The Morgan fingerprint density at radius 1 is 1.06 bits per heavy atom. The first kappa shape index (κ1) is 19.5. The highest BCUT2D eigenvalue weighted by Gasteiger charge is 2.45. The molecule has 0 N–H and O–H groups in total. The molecule has 3 aliphatic rings. The number of aromatic nitrogens is 3. The van der Waals surface area contributed by atoms with Crippen LogP contribution in [0.2, 0.25) is 5.02 Å². The number of piperidine rings is 1. The molecule has 2 aliphatic heterocycles. The Labute approximate surface area is 186 Å². The maximum atomic E-state index is 13.2. The number of benzene rings is 1. The summed E-state index contributed by atoms with van der Waals surface area (Å²) in [6, 6.07) is 9.00. The topological polar surface area (TPSA) is 36.7 Å². The van der Waals surface area contributed by atoms with Crippen molar-refractivity contribution in [3.63, 3.8) is 0 Å². The predicted molar refractivity (Wildman–Crippen MR) is 120 cm³/mol. The van der Waals surface area contributed by atoms with E-state index in [0.29, 0.717) is 5.41 Å². The van der Waals surface area contributed by atoms with Gasteiger partial charge in [-0.15, -0.1) is 10.2 Å². The van der Waals surface area contributed by atoms with E-state index in [-0.39, 0.29) is 5.82 Å². The number of hydrogen-bond acceptors (Lipinski definition) is 4. The smallest absolute Gasteiger partial charge is 0.179 e. The molecule has 0 unspecified atom stereocenters. The molecular formula is C24H27ClFN5. The Balaban J connectivity index is 1.14. The van der Waals surface area contributed by atoms with Gasteiger partial charge in [0.05, 0.1) is 5.02 Å². The van der Waals surface area contributed by atoms with Crippen molar-refractivity contribution in [1.82, 2.24) is 19.5 Å². The van der Waals surface area contributed by atoms with Crippen LogP contribution in [0.15, 0.2) is 36.5 Å². The van der Waals surface area contributed by atoms with Gasteiger partial charge in [0.25, 0.3) is 0 Å². The van der Waals surface area contributed by atoms with Crippen molar-refractivity contribution < 1.29 is 4.39 Å². The van der Waals surface area contributed by atoms with Gasteiger partial charge in [0.15, 0.2) is 5.65 Å². The molecule has 0 bridgehead atoms. The third kappa shape index (κ3) is 3.70. The normalized spacial score (nSPS) is 21.0. The fourth-order valence-corrected chi connectivity index (χ4v) is 5.65. The van der Waals surface area contributed by atoms with Crippen LogP contribution in [0.5, 0.6) is 0 Å². The summed E-state index contributed by atoms with van der Waals surface area (Å²) in [5, 5.41) is 9.52. The van der Waals surface area contributed by atoms with Gasteiger partial charge in [0, 0.05) is 49.9 Å². The van der Waals surface area contributed by atoms with Crippen molar-refractivity contribution in [2.75, 3.05) is 31.1 Å². The second-order valence-electron chi connectivity index (χ2n) is 9.76. The average Bonchev–Trinajstić information content (AvgIpc) is 3.47. The highest BCUT2D eigenvalue weighted by molar-refractivity contribution is 6.34. The van der Waals surface area contributed by atoms with E-state index in [1.165, 1.54) is 25.7 Å². The molecule has 0 amide bonds. The van der Waals surface area contributed by atoms with E-state index in [4.69, 9.17) is 11.6 Å². The molecule has 3 aromatic rings. The molecule has 0 atom stereocenters. The van der Waals surface area contributed by atoms with E-state index in [9.17, 15) is 4.39 Å². The summed E-state index contributed by atoms with van der Waals surface area (Å²) in [5.41, 5.74) is 3.36. The lowest BCUT2D eigenvalue weighted by molar-refractivity contribution is 0.0572. The Morgan fingerprint density at radius 2 is 1.87 bits per heavy atom. The standard InChI is InChI=1S/C24H27ClFN5/c25-22-18(8-11-31-21(12-17-2-3-17)27-28-23(22)31)13-29-10-1-9-24(14-29)15-30(16-24)20-6-4-19(26)5-7-20/h4-8,11,17H,1-3,9-10,12-16H2. The maximum absolute atomic E-state index is 13.2. The molecule has 1 saturated carbocycles. The third-order valence-electron chi connectivity index (χ3n) is 7.22. The second-order valence-corrected chi connectivity index (χ2v) is 10.1. The lowest BCUT2D eigenvalue weighted by Crippen LogP contribution is -2.63. The number of halogens is 2. The summed E-state index contributed by atoms with van der Waals surface area (Å²) in [6.45, 7) is 5.09. The quantitative estimate of drug-likeness (QED) is 0.583. The van der Waals surface area contributed by atoms with Crippen LogP contribution in [-0.2, 0) is 13.0 Å². The van der Waals surface area contributed by atoms with Gasteiger partial charge in [-0.2, -0.15) is 0 Å². The molecule has 2 aromatic heterocycles. The SMILES string of the molecule is Fc1ccc(N2CC3(CCCN(Cc4ccn5c(CC6CC6)nnc5c4Cl)C3)C2)cc1. The molecule has 6 rings (SSSR count). The zero-order valence-corrected chi connectivity index (χ0v) is 18.4.